The second kappa shape index (κ2) is 8.41. The number of carbonyl (C=O) groups excluding carboxylic acids is 1. The zero-order chi connectivity index (χ0) is 16.8. The van der Waals surface area contributed by atoms with E-state index < -0.39 is 0 Å². The van der Waals surface area contributed by atoms with Gasteiger partial charge in [0, 0.05) is 25.6 Å². The predicted molar refractivity (Wildman–Crippen MR) is 88.5 cm³/mol. The molecule has 0 amide bonds. The highest BCUT2D eigenvalue weighted by Gasteiger charge is 2.30. The van der Waals surface area contributed by atoms with Gasteiger partial charge in [0.2, 0.25) is 0 Å². The number of piperidine rings is 1. The number of carbonyl (C=O) groups is 1. The van der Waals surface area contributed by atoms with Crippen molar-refractivity contribution in [1.29, 1.82) is 0 Å². The van der Waals surface area contributed by atoms with E-state index in [1.807, 2.05) is 6.07 Å². The van der Waals surface area contributed by atoms with Gasteiger partial charge >= 0.3 is 5.97 Å². The van der Waals surface area contributed by atoms with Crippen molar-refractivity contribution in [2.45, 2.75) is 31.8 Å². The average Bonchev–Trinajstić information content (AvgIpc) is 2.52. The Morgan fingerprint density at radius 1 is 1.43 bits per heavy atom. The largest absolute Gasteiger partial charge is 0.469 e. The Kier molecular flexibility index (Phi) is 6.54. The van der Waals surface area contributed by atoms with Crippen LogP contribution in [0.4, 0.5) is 4.39 Å². The van der Waals surface area contributed by atoms with Gasteiger partial charge in [-0.05, 0) is 57.1 Å². The summed E-state index contributed by atoms with van der Waals surface area (Å²) < 4.78 is 18.1. The van der Waals surface area contributed by atoms with Crippen molar-refractivity contribution in [3.05, 3.63) is 35.6 Å². The third-order valence-electron chi connectivity index (χ3n) is 4.68. The molecule has 1 aromatic rings. The minimum absolute atomic E-state index is 0.148. The normalized spacial score (nSPS) is 22.3. The maximum Gasteiger partial charge on any atom is 0.305 e. The van der Waals surface area contributed by atoms with Crippen LogP contribution in [0.5, 0.6) is 0 Å². The number of hydrogen-bond acceptors (Lipinski definition) is 4. The summed E-state index contributed by atoms with van der Waals surface area (Å²) in [5.41, 5.74) is 1.00. The average molecular weight is 322 g/mol. The summed E-state index contributed by atoms with van der Waals surface area (Å²) in [7, 11) is 5.62. The first-order valence-corrected chi connectivity index (χ1v) is 8.19. The van der Waals surface area contributed by atoms with E-state index in [0.717, 1.165) is 38.0 Å². The summed E-state index contributed by atoms with van der Waals surface area (Å²) >= 11 is 0. The molecule has 1 saturated heterocycles. The molecule has 0 N–H and O–H groups in total. The maximum absolute atomic E-state index is 13.3. The van der Waals surface area contributed by atoms with Gasteiger partial charge in [0.25, 0.3) is 0 Å². The molecule has 2 rings (SSSR count). The highest BCUT2D eigenvalue weighted by molar-refractivity contribution is 5.69. The van der Waals surface area contributed by atoms with Gasteiger partial charge in [0.15, 0.2) is 0 Å². The summed E-state index contributed by atoms with van der Waals surface area (Å²) in [6.45, 7) is 2.68. The molecule has 1 aliphatic rings. The van der Waals surface area contributed by atoms with Crippen molar-refractivity contribution in [2.24, 2.45) is 5.92 Å². The van der Waals surface area contributed by atoms with Crippen LogP contribution in [0.25, 0.3) is 0 Å². The Labute approximate surface area is 138 Å². The van der Waals surface area contributed by atoms with Crippen LogP contribution in [-0.2, 0) is 16.1 Å². The molecule has 23 heavy (non-hydrogen) atoms. The van der Waals surface area contributed by atoms with Gasteiger partial charge < -0.3 is 9.64 Å². The van der Waals surface area contributed by atoms with Crippen molar-refractivity contribution in [1.82, 2.24) is 9.80 Å². The predicted octanol–water partition coefficient (Wildman–Crippen LogP) is 2.53. The lowest BCUT2D eigenvalue weighted by molar-refractivity contribution is -0.141. The van der Waals surface area contributed by atoms with Crippen molar-refractivity contribution in [2.75, 3.05) is 34.3 Å². The third kappa shape index (κ3) is 5.29. The van der Waals surface area contributed by atoms with Gasteiger partial charge in [-0.3, -0.25) is 9.69 Å². The Morgan fingerprint density at radius 3 is 2.87 bits per heavy atom. The first-order valence-electron chi connectivity index (χ1n) is 8.19. The molecule has 1 fully saturated rings. The highest BCUT2D eigenvalue weighted by Crippen LogP contribution is 2.26. The number of halogens is 1. The molecule has 128 valence electrons. The van der Waals surface area contributed by atoms with Crippen LogP contribution in [-0.4, -0.2) is 56.1 Å². The van der Waals surface area contributed by atoms with Crippen LogP contribution in [0.3, 0.4) is 0 Å². The van der Waals surface area contributed by atoms with Gasteiger partial charge in [0.1, 0.15) is 5.82 Å². The summed E-state index contributed by atoms with van der Waals surface area (Å²) in [5.74, 6) is 0.0871. The first kappa shape index (κ1) is 17.9. The lowest BCUT2D eigenvalue weighted by atomic mass is 9.87. The Balaban J connectivity index is 1.97. The van der Waals surface area contributed by atoms with E-state index in [1.165, 1.54) is 13.2 Å². The molecule has 1 heterocycles. The second-order valence-corrected chi connectivity index (χ2v) is 6.56. The molecule has 0 saturated carbocycles. The fourth-order valence-corrected chi connectivity index (χ4v) is 3.50. The lowest BCUT2D eigenvalue weighted by Gasteiger charge is -2.41. The Hall–Kier alpha value is -1.46. The Morgan fingerprint density at radius 2 is 2.22 bits per heavy atom. The van der Waals surface area contributed by atoms with Crippen molar-refractivity contribution >= 4 is 5.97 Å². The molecular formula is C18H27FN2O2. The van der Waals surface area contributed by atoms with E-state index in [1.54, 1.807) is 12.1 Å². The molecular weight excluding hydrogens is 295 g/mol. The van der Waals surface area contributed by atoms with Gasteiger partial charge in [-0.15, -0.1) is 0 Å². The SMILES string of the molecule is COC(=O)CC[C@H]1CN(Cc2cccc(F)c2)CC[C@H]1N(C)C. The number of ether oxygens (including phenoxy) is 1. The second-order valence-electron chi connectivity index (χ2n) is 6.56. The first-order chi connectivity index (χ1) is 11.0. The number of nitrogens with zero attached hydrogens (tertiary/aromatic N) is 2. The van der Waals surface area contributed by atoms with E-state index >= 15 is 0 Å². The molecule has 0 aliphatic carbocycles. The van der Waals surface area contributed by atoms with E-state index in [9.17, 15) is 9.18 Å². The van der Waals surface area contributed by atoms with Crippen LogP contribution >= 0.6 is 0 Å². The smallest absolute Gasteiger partial charge is 0.305 e. The minimum atomic E-state index is -0.187. The minimum Gasteiger partial charge on any atom is -0.469 e. The lowest BCUT2D eigenvalue weighted by Crippen LogP contribution is -2.48. The quantitative estimate of drug-likeness (QED) is 0.754. The molecule has 2 atom stereocenters. The van der Waals surface area contributed by atoms with Crippen molar-refractivity contribution < 1.29 is 13.9 Å². The summed E-state index contributed by atoms with van der Waals surface area (Å²) in [6.07, 6.45) is 2.35. The standard InChI is InChI=1S/C18H27FN2O2/c1-20(2)17-9-10-21(12-14-5-4-6-16(19)11-14)13-15(17)7-8-18(22)23-3/h4-6,11,15,17H,7-10,12-13H2,1-3H3/t15-,17+/m0/s1. The summed E-state index contributed by atoms with van der Waals surface area (Å²) in [4.78, 5) is 16.1. The van der Waals surface area contributed by atoms with Gasteiger partial charge in [-0.1, -0.05) is 12.1 Å². The summed E-state index contributed by atoms with van der Waals surface area (Å²) in [5, 5.41) is 0. The number of rotatable bonds is 6. The summed E-state index contributed by atoms with van der Waals surface area (Å²) in [6, 6.07) is 7.27. The van der Waals surface area contributed by atoms with Crippen LogP contribution in [0.15, 0.2) is 24.3 Å². The topological polar surface area (TPSA) is 32.8 Å². The fraction of sp³-hybridized carbons (Fsp3) is 0.611. The zero-order valence-electron chi connectivity index (χ0n) is 14.3. The van der Waals surface area contributed by atoms with Crippen LogP contribution in [0, 0.1) is 11.7 Å². The highest BCUT2D eigenvalue weighted by atomic mass is 19.1. The number of esters is 1. The molecule has 5 heteroatoms. The number of benzene rings is 1. The number of hydrogen-bond donors (Lipinski definition) is 0. The van der Waals surface area contributed by atoms with E-state index in [-0.39, 0.29) is 11.8 Å². The van der Waals surface area contributed by atoms with Crippen molar-refractivity contribution in [3.8, 4) is 0 Å². The third-order valence-corrected chi connectivity index (χ3v) is 4.68. The molecule has 0 radical (unpaired) electrons. The molecule has 1 aliphatic heterocycles. The fourth-order valence-electron chi connectivity index (χ4n) is 3.50. The van der Waals surface area contributed by atoms with E-state index in [2.05, 4.69) is 23.9 Å². The molecule has 0 unspecified atom stereocenters. The van der Waals surface area contributed by atoms with Gasteiger partial charge in [0.05, 0.1) is 7.11 Å². The maximum atomic E-state index is 13.3. The molecule has 0 aromatic heterocycles. The van der Waals surface area contributed by atoms with Crippen LogP contribution in [0.1, 0.15) is 24.8 Å². The van der Waals surface area contributed by atoms with Crippen molar-refractivity contribution in [3.63, 3.8) is 0 Å². The monoisotopic (exact) mass is 322 g/mol. The van der Waals surface area contributed by atoms with Gasteiger partial charge in [-0.25, -0.2) is 4.39 Å². The van der Waals surface area contributed by atoms with Crippen LogP contribution in [0.2, 0.25) is 0 Å². The molecule has 4 nitrogen and oxygen atoms in total. The molecule has 0 spiro atoms. The van der Waals surface area contributed by atoms with Crippen LogP contribution < -0.4 is 0 Å². The molecule has 0 bridgehead atoms. The Bertz CT molecular complexity index is 521. The molecule has 1 aromatic carbocycles. The van der Waals surface area contributed by atoms with E-state index in [4.69, 9.17) is 4.74 Å². The van der Waals surface area contributed by atoms with E-state index in [0.29, 0.717) is 18.4 Å². The number of likely N-dealkylation sites (tertiary alicyclic amines) is 1. The van der Waals surface area contributed by atoms with Gasteiger partial charge in [-0.2, -0.15) is 0 Å². The number of methoxy groups -OCH3 is 1. The zero-order valence-corrected chi connectivity index (χ0v) is 14.3.